The van der Waals surface area contributed by atoms with Crippen molar-refractivity contribution < 1.29 is 9.59 Å². The highest BCUT2D eigenvalue weighted by atomic mass is 35.5. The molecule has 1 heterocycles. The number of hydrogen-bond acceptors (Lipinski definition) is 2. The monoisotopic (exact) mass is 322 g/mol. The van der Waals surface area contributed by atoms with Crippen molar-refractivity contribution in [3.8, 4) is 0 Å². The summed E-state index contributed by atoms with van der Waals surface area (Å²) in [6.07, 6.45) is 2.20. The van der Waals surface area contributed by atoms with Gasteiger partial charge in [0, 0.05) is 36.1 Å². The Balaban J connectivity index is 1.82. The number of hydrogen-bond donors (Lipinski definition) is 1. The highest BCUT2D eigenvalue weighted by molar-refractivity contribution is 6.30. The van der Waals surface area contributed by atoms with Crippen molar-refractivity contribution in [3.63, 3.8) is 0 Å². The molecule has 22 heavy (non-hydrogen) atoms. The van der Waals surface area contributed by atoms with Crippen LogP contribution in [0.25, 0.3) is 0 Å². The van der Waals surface area contributed by atoms with Gasteiger partial charge in [-0.25, -0.2) is 0 Å². The molecule has 0 aromatic heterocycles. The van der Waals surface area contributed by atoms with E-state index in [9.17, 15) is 9.59 Å². The lowest BCUT2D eigenvalue weighted by Gasteiger charge is -2.32. The largest absolute Gasteiger partial charge is 0.349 e. The zero-order chi connectivity index (χ0) is 16.1. The van der Waals surface area contributed by atoms with Crippen LogP contribution in [0.5, 0.6) is 0 Å². The second-order valence-electron chi connectivity index (χ2n) is 6.24. The summed E-state index contributed by atoms with van der Waals surface area (Å²) < 4.78 is 0. The molecular weight excluding hydrogens is 300 g/mol. The number of rotatable bonds is 4. The first kappa shape index (κ1) is 16.8. The van der Waals surface area contributed by atoms with Gasteiger partial charge >= 0.3 is 0 Å². The van der Waals surface area contributed by atoms with E-state index in [2.05, 4.69) is 19.2 Å². The number of benzene rings is 1. The van der Waals surface area contributed by atoms with Gasteiger partial charge in [0.25, 0.3) is 5.91 Å². The van der Waals surface area contributed by atoms with Crippen LogP contribution in [0, 0.1) is 5.92 Å². The maximum Gasteiger partial charge on any atom is 0.251 e. The Labute approximate surface area is 136 Å². The van der Waals surface area contributed by atoms with Crippen LogP contribution in [0.3, 0.4) is 0 Å². The van der Waals surface area contributed by atoms with E-state index in [0.29, 0.717) is 36.0 Å². The molecule has 4 nitrogen and oxygen atoms in total. The van der Waals surface area contributed by atoms with Crippen LogP contribution >= 0.6 is 11.6 Å². The molecule has 0 bridgehead atoms. The number of carbonyl (C=O) groups excluding carboxylic acids is 2. The van der Waals surface area contributed by atoms with Gasteiger partial charge in [-0.05, 0) is 37.0 Å². The lowest BCUT2D eigenvalue weighted by atomic mass is 10.0. The minimum Gasteiger partial charge on any atom is -0.349 e. The van der Waals surface area contributed by atoms with Gasteiger partial charge in [-0.2, -0.15) is 0 Å². The van der Waals surface area contributed by atoms with Crippen LogP contribution in [-0.4, -0.2) is 35.8 Å². The molecule has 0 aliphatic carbocycles. The van der Waals surface area contributed by atoms with Crippen LogP contribution in [0.1, 0.15) is 43.5 Å². The summed E-state index contributed by atoms with van der Waals surface area (Å²) in [7, 11) is 0. The first-order valence-corrected chi connectivity index (χ1v) is 8.17. The van der Waals surface area contributed by atoms with Crippen LogP contribution in [0.2, 0.25) is 5.02 Å². The fourth-order valence-electron chi connectivity index (χ4n) is 2.65. The third-order valence-electron chi connectivity index (χ3n) is 3.85. The average molecular weight is 323 g/mol. The fourth-order valence-corrected chi connectivity index (χ4v) is 2.84. The quantitative estimate of drug-likeness (QED) is 0.926. The molecule has 1 aliphatic heterocycles. The molecule has 2 rings (SSSR count). The third kappa shape index (κ3) is 4.73. The molecule has 120 valence electrons. The Morgan fingerprint density at radius 1 is 1.32 bits per heavy atom. The van der Waals surface area contributed by atoms with Crippen LogP contribution < -0.4 is 5.32 Å². The summed E-state index contributed by atoms with van der Waals surface area (Å²) in [4.78, 5) is 26.1. The normalized spacial score (nSPS) is 15.9. The molecule has 0 spiro atoms. The first-order chi connectivity index (χ1) is 10.5. The Hall–Kier alpha value is -1.55. The van der Waals surface area contributed by atoms with Gasteiger partial charge in [0.05, 0.1) is 0 Å². The molecule has 0 unspecified atom stereocenters. The standard InChI is InChI=1S/C17H23ClN2O2/c1-12(2)10-16(21)20-8-6-15(7-9-20)19-17(22)13-4-3-5-14(18)11-13/h3-5,11-12,15H,6-10H2,1-2H3,(H,19,22). The van der Waals surface area contributed by atoms with Crippen molar-refractivity contribution in [1.29, 1.82) is 0 Å². The molecule has 1 aromatic carbocycles. The van der Waals surface area contributed by atoms with Crippen LogP contribution in [0.15, 0.2) is 24.3 Å². The van der Waals surface area contributed by atoms with Crippen molar-refractivity contribution in [3.05, 3.63) is 34.9 Å². The van der Waals surface area contributed by atoms with Gasteiger partial charge < -0.3 is 10.2 Å². The molecule has 1 fully saturated rings. The van der Waals surface area contributed by atoms with Gasteiger partial charge in [-0.1, -0.05) is 31.5 Å². The van der Waals surface area contributed by atoms with Crippen molar-refractivity contribution in [2.45, 2.75) is 39.2 Å². The molecule has 1 aliphatic rings. The van der Waals surface area contributed by atoms with E-state index in [0.717, 1.165) is 12.8 Å². The Morgan fingerprint density at radius 3 is 2.59 bits per heavy atom. The number of likely N-dealkylation sites (tertiary alicyclic amines) is 1. The van der Waals surface area contributed by atoms with E-state index in [-0.39, 0.29) is 17.9 Å². The molecule has 1 aromatic rings. The number of carbonyl (C=O) groups is 2. The summed E-state index contributed by atoms with van der Waals surface area (Å²) >= 11 is 5.90. The highest BCUT2D eigenvalue weighted by Gasteiger charge is 2.24. The van der Waals surface area contributed by atoms with E-state index in [1.807, 2.05) is 4.90 Å². The van der Waals surface area contributed by atoms with E-state index in [1.54, 1.807) is 24.3 Å². The van der Waals surface area contributed by atoms with E-state index >= 15 is 0 Å². The number of piperidine rings is 1. The molecule has 5 heteroatoms. The topological polar surface area (TPSA) is 49.4 Å². The van der Waals surface area contributed by atoms with Crippen molar-refractivity contribution in [2.75, 3.05) is 13.1 Å². The molecule has 2 amide bonds. The van der Waals surface area contributed by atoms with Gasteiger partial charge in [0.15, 0.2) is 0 Å². The summed E-state index contributed by atoms with van der Waals surface area (Å²) in [5.41, 5.74) is 0.575. The molecular formula is C17H23ClN2O2. The maximum atomic E-state index is 12.2. The predicted octanol–water partition coefficient (Wildman–Crippen LogP) is 3.11. The summed E-state index contributed by atoms with van der Waals surface area (Å²) in [6.45, 7) is 5.53. The lowest BCUT2D eigenvalue weighted by molar-refractivity contribution is -0.133. The van der Waals surface area contributed by atoms with Crippen molar-refractivity contribution >= 4 is 23.4 Å². The second-order valence-corrected chi connectivity index (χ2v) is 6.67. The zero-order valence-electron chi connectivity index (χ0n) is 13.1. The van der Waals surface area contributed by atoms with Gasteiger partial charge in [-0.15, -0.1) is 0 Å². The molecule has 0 radical (unpaired) electrons. The Morgan fingerprint density at radius 2 is 2.00 bits per heavy atom. The summed E-state index contributed by atoms with van der Waals surface area (Å²) in [5, 5.41) is 3.58. The average Bonchev–Trinajstić information content (AvgIpc) is 2.47. The maximum absolute atomic E-state index is 12.2. The van der Waals surface area contributed by atoms with E-state index in [1.165, 1.54) is 0 Å². The minimum absolute atomic E-state index is 0.102. The van der Waals surface area contributed by atoms with E-state index < -0.39 is 0 Å². The minimum atomic E-state index is -0.102. The molecule has 0 saturated carbocycles. The molecule has 0 atom stereocenters. The van der Waals surface area contributed by atoms with Gasteiger partial charge in [0.1, 0.15) is 0 Å². The zero-order valence-corrected chi connectivity index (χ0v) is 13.9. The van der Waals surface area contributed by atoms with Crippen molar-refractivity contribution in [1.82, 2.24) is 10.2 Å². The number of nitrogens with one attached hydrogen (secondary N) is 1. The SMILES string of the molecule is CC(C)CC(=O)N1CCC(NC(=O)c2cccc(Cl)c2)CC1. The smallest absolute Gasteiger partial charge is 0.251 e. The molecule has 1 saturated heterocycles. The summed E-state index contributed by atoms with van der Waals surface area (Å²) in [5.74, 6) is 0.497. The third-order valence-corrected chi connectivity index (χ3v) is 4.09. The van der Waals surface area contributed by atoms with Crippen LogP contribution in [0.4, 0.5) is 0 Å². The Bertz CT molecular complexity index is 537. The second kappa shape index (κ2) is 7.63. The fraction of sp³-hybridized carbons (Fsp3) is 0.529. The predicted molar refractivity (Wildman–Crippen MR) is 88.0 cm³/mol. The van der Waals surface area contributed by atoms with Crippen LogP contribution in [-0.2, 0) is 4.79 Å². The highest BCUT2D eigenvalue weighted by Crippen LogP contribution is 2.15. The lowest BCUT2D eigenvalue weighted by Crippen LogP contribution is -2.46. The van der Waals surface area contributed by atoms with Gasteiger partial charge in [0.2, 0.25) is 5.91 Å². The summed E-state index contributed by atoms with van der Waals surface area (Å²) in [6, 6.07) is 7.05. The number of nitrogens with zero attached hydrogens (tertiary/aromatic N) is 1. The Kier molecular flexibility index (Phi) is 5.83. The van der Waals surface area contributed by atoms with E-state index in [4.69, 9.17) is 11.6 Å². The number of halogens is 1. The number of amides is 2. The van der Waals surface area contributed by atoms with Gasteiger partial charge in [-0.3, -0.25) is 9.59 Å². The molecule has 1 N–H and O–H groups in total. The first-order valence-electron chi connectivity index (χ1n) is 7.80. The van der Waals surface area contributed by atoms with Crippen molar-refractivity contribution in [2.24, 2.45) is 5.92 Å².